The summed E-state index contributed by atoms with van der Waals surface area (Å²) in [7, 11) is -3.77. The molecule has 2 aromatic heterocycles. The number of carbonyl (C=O) groups excluding carboxylic acids is 1. The largest absolute Gasteiger partial charge is 0.462 e. The maximum atomic E-state index is 13.0. The number of aryl methyl sites for hydroxylation is 1. The molecule has 3 heterocycles. The van der Waals surface area contributed by atoms with E-state index in [4.69, 9.17) is 20.9 Å². The van der Waals surface area contributed by atoms with Crippen molar-refractivity contribution in [1.29, 1.82) is 0 Å². The van der Waals surface area contributed by atoms with E-state index >= 15 is 0 Å². The lowest BCUT2D eigenvalue weighted by Crippen LogP contribution is -2.35. The zero-order valence-corrected chi connectivity index (χ0v) is 19.4. The summed E-state index contributed by atoms with van der Waals surface area (Å²) >= 11 is 6.16. The second kappa shape index (κ2) is 10.4. The Labute approximate surface area is 196 Å². The van der Waals surface area contributed by atoms with E-state index in [2.05, 4.69) is 15.1 Å². The Balaban J connectivity index is 1.33. The summed E-state index contributed by atoms with van der Waals surface area (Å²) in [6, 6.07) is 7.76. The minimum absolute atomic E-state index is 0.0747. The van der Waals surface area contributed by atoms with Gasteiger partial charge in [0.2, 0.25) is 21.7 Å². The highest BCUT2D eigenvalue weighted by Gasteiger charge is 2.29. The number of ether oxygens (including phenoxy) is 1. The summed E-state index contributed by atoms with van der Waals surface area (Å²) in [5.41, 5.74) is 0.878. The van der Waals surface area contributed by atoms with Gasteiger partial charge in [0.05, 0.1) is 17.2 Å². The fraction of sp³-hybridized carbons (Fsp3) is 0.364. The standard InChI is InChI=1S/C22H23ClN4O5S/c23-18-9-8-16(14-19(18)33(29,30)27-11-2-1-3-12-27)22(28)31-13-5-7-20-25-21(26-32-20)17-6-4-10-24-15-17/h4,6,8-10,14-15H,1-3,5,7,11-13H2. The van der Waals surface area contributed by atoms with Crippen molar-refractivity contribution in [2.45, 2.75) is 37.0 Å². The topological polar surface area (TPSA) is 115 Å². The highest BCUT2D eigenvalue weighted by Crippen LogP contribution is 2.28. The molecule has 1 fully saturated rings. The van der Waals surface area contributed by atoms with Gasteiger partial charge < -0.3 is 9.26 Å². The quantitative estimate of drug-likeness (QED) is 0.346. The van der Waals surface area contributed by atoms with Crippen molar-refractivity contribution in [3.63, 3.8) is 0 Å². The van der Waals surface area contributed by atoms with Gasteiger partial charge in [0, 0.05) is 37.5 Å². The minimum Gasteiger partial charge on any atom is -0.462 e. The Morgan fingerprint density at radius 2 is 2.00 bits per heavy atom. The highest BCUT2D eigenvalue weighted by molar-refractivity contribution is 7.89. The number of halogens is 1. The molecular formula is C22H23ClN4O5S. The molecule has 33 heavy (non-hydrogen) atoms. The summed E-state index contributed by atoms with van der Waals surface area (Å²) in [6.45, 7) is 1.01. The van der Waals surface area contributed by atoms with Crippen molar-refractivity contribution in [3.8, 4) is 11.4 Å². The molecule has 0 radical (unpaired) electrons. The first-order valence-electron chi connectivity index (χ1n) is 10.6. The van der Waals surface area contributed by atoms with Gasteiger partial charge >= 0.3 is 5.97 Å². The van der Waals surface area contributed by atoms with Gasteiger partial charge in [-0.3, -0.25) is 4.98 Å². The average molecular weight is 491 g/mol. The molecule has 1 aliphatic rings. The molecular weight excluding hydrogens is 468 g/mol. The molecule has 0 bridgehead atoms. The number of esters is 1. The van der Waals surface area contributed by atoms with E-state index in [1.54, 1.807) is 18.5 Å². The molecule has 4 rings (SSSR count). The molecule has 0 amide bonds. The molecule has 0 spiro atoms. The molecule has 9 nitrogen and oxygen atoms in total. The SMILES string of the molecule is O=C(OCCCc1nc(-c2cccnc2)no1)c1ccc(Cl)c(S(=O)(=O)N2CCCCC2)c1. The predicted octanol–water partition coefficient (Wildman–Crippen LogP) is 3.75. The second-order valence-electron chi connectivity index (χ2n) is 7.60. The lowest BCUT2D eigenvalue weighted by Gasteiger charge is -2.26. The number of aromatic nitrogens is 3. The van der Waals surface area contributed by atoms with Gasteiger partial charge in [-0.1, -0.05) is 23.2 Å². The first-order valence-corrected chi connectivity index (χ1v) is 12.5. The van der Waals surface area contributed by atoms with Crippen molar-refractivity contribution in [3.05, 3.63) is 59.2 Å². The van der Waals surface area contributed by atoms with Crippen LogP contribution in [0.25, 0.3) is 11.4 Å². The van der Waals surface area contributed by atoms with Crippen LogP contribution < -0.4 is 0 Å². The molecule has 1 aromatic carbocycles. The van der Waals surface area contributed by atoms with Crippen LogP contribution in [0.15, 0.2) is 52.1 Å². The number of sulfonamides is 1. The Bertz CT molecular complexity index is 1210. The van der Waals surface area contributed by atoms with Crippen LogP contribution in [-0.4, -0.2) is 53.5 Å². The third-order valence-electron chi connectivity index (χ3n) is 5.26. The maximum Gasteiger partial charge on any atom is 0.338 e. The number of benzene rings is 1. The maximum absolute atomic E-state index is 13.0. The molecule has 0 saturated carbocycles. The van der Waals surface area contributed by atoms with Crippen molar-refractivity contribution in [2.75, 3.05) is 19.7 Å². The summed E-state index contributed by atoms with van der Waals surface area (Å²) in [6.07, 6.45) is 6.81. The molecule has 0 unspecified atom stereocenters. The number of piperidine rings is 1. The fourth-order valence-electron chi connectivity index (χ4n) is 3.51. The molecule has 174 valence electrons. The molecule has 11 heteroatoms. The Morgan fingerprint density at radius 3 is 2.76 bits per heavy atom. The first-order chi connectivity index (χ1) is 15.9. The molecule has 1 aliphatic heterocycles. The average Bonchev–Trinajstić information content (AvgIpc) is 3.32. The van der Waals surface area contributed by atoms with Gasteiger partial charge in [0.1, 0.15) is 4.90 Å². The van der Waals surface area contributed by atoms with Gasteiger partial charge in [-0.2, -0.15) is 9.29 Å². The van der Waals surface area contributed by atoms with Crippen molar-refractivity contribution in [2.24, 2.45) is 0 Å². The smallest absolute Gasteiger partial charge is 0.338 e. The zero-order valence-electron chi connectivity index (χ0n) is 17.8. The van der Waals surface area contributed by atoms with E-state index in [1.807, 2.05) is 6.07 Å². The Morgan fingerprint density at radius 1 is 1.18 bits per heavy atom. The second-order valence-corrected chi connectivity index (χ2v) is 9.92. The third kappa shape index (κ3) is 5.58. The Hall–Kier alpha value is -2.82. The van der Waals surface area contributed by atoms with Gasteiger partial charge in [-0.25, -0.2) is 13.2 Å². The van der Waals surface area contributed by atoms with Gasteiger partial charge in [0.25, 0.3) is 0 Å². The van der Waals surface area contributed by atoms with Gasteiger partial charge in [0.15, 0.2) is 0 Å². The monoisotopic (exact) mass is 490 g/mol. The predicted molar refractivity (Wildman–Crippen MR) is 120 cm³/mol. The van der Waals surface area contributed by atoms with Crippen LogP contribution in [0.3, 0.4) is 0 Å². The molecule has 0 N–H and O–H groups in total. The first kappa shape index (κ1) is 23.3. The van der Waals surface area contributed by atoms with E-state index in [1.165, 1.54) is 22.5 Å². The van der Waals surface area contributed by atoms with Gasteiger partial charge in [-0.05, 0) is 49.6 Å². The number of rotatable bonds is 8. The summed E-state index contributed by atoms with van der Waals surface area (Å²) in [5.74, 6) is 0.244. The van der Waals surface area contributed by atoms with Gasteiger partial charge in [-0.15, -0.1) is 0 Å². The van der Waals surface area contributed by atoms with E-state index in [-0.39, 0.29) is 22.1 Å². The number of hydrogen-bond donors (Lipinski definition) is 0. The normalized spacial score (nSPS) is 14.8. The van der Waals surface area contributed by atoms with Crippen molar-refractivity contribution >= 4 is 27.6 Å². The lowest BCUT2D eigenvalue weighted by molar-refractivity contribution is 0.0498. The van der Waals surface area contributed by atoms with E-state index < -0.39 is 16.0 Å². The highest BCUT2D eigenvalue weighted by atomic mass is 35.5. The van der Waals surface area contributed by atoms with Crippen LogP contribution in [0.4, 0.5) is 0 Å². The Kier molecular flexibility index (Phi) is 7.36. The van der Waals surface area contributed by atoms with Crippen LogP contribution in [0.2, 0.25) is 5.02 Å². The van der Waals surface area contributed by atoms with E-state index in [0.29, 0.717) is 37.6 Å². The molecule has 3 aromatic rings. The minimum atomic E-state index is -3.77. The van der Waals surface area contributed by atoms with Crippen molar-refractivity contribution < 1.29 is 22.5 Å². The number of hydrogen-bond acceptors (Lipinski definition) is 8. The molecule has 1 saturated heterocycles. The molecule has 0 aliphatic carbocycles. The van der Waals surface area contributed by atoms with Crippen LogP contribution in [0, 0.1) is 0 Å². The van der Waals surface area contributed by atoms with Crippen molar-refractivity contribution in [1.82, 2.24) is 19.4 Å². The van der Waals surface area contributed by atoms with Crippen LogP contribution >= 0.6 is 11.6 Å². The van der Waals surface area contributed by atoms with E-state index in [9.17, 15) is 13.2 Å². The third-order valence-corrected chi connectivity index (χ3v) is 7.64. The number of carbonyl (C=O) groups is 1. The van der Waals surface area contributed by atoms with E-state index in [0.717, 1.165) is 24.8 Å². The van der Waals surface area contributed by atoms with Crippen LogP contribution in [-0.2, 0) is 21.2 Å². The summed E-state index contributed by atoms with van der Waals surface area (Å²) in [5, 5.41) is 4.00. The fourth-order valence-corrected chi connectivity index (χ4v) is 5.53. The zero-order chi connectivity index (χ0) is 23.3. The number of nitrogens with zero attached hydrogens (tertiary/aromatic N) is 4. The number of pyridine rings is 1. The lowest BCUT2D eigenvalue weighted by atomic mass is 10.2. The summed E-state index contributed by atoms with van der Waals surface area (Å²) in [4.78, 5) is 20.7. The van der Waals surface area contributed by atoms with Crippen LogP contribution in [0.1, 0.15) is 41.9 Å². The van der Waals surface area contributed by atoms with Crippen LogP contribution in [0.5, 0.6) is 0 Å². The molecule has 0 atom stereocenters. The summed E-state index contributed by atoms with van der Waals surface area (Å²) < 4.78 is 37.9.